The van der Waals surface area contributed by atoms with Gasteiger partial charge in [0.1, 0.15) is 0 Å². The van der Waals surface area contributed by atoms with Crippen molar-refractivity contribution in [2.75, 3.05) is 0 Å². The van der Waals surface area contributed by atoms with Crippen molar-refractivity contribution in [2.24, 2.45) is 0 Å². The van der Waals surface area contributed by atoms with Gasteiger partial charge in [0, 0.05) is 16.3 Å². The standard InChI is InChI=1S/C16H21ClN2O/c1-4-14-16(11(3)20)15(5-2)19(18-14)10-12-6-8-13(17)9-7-12/h6-9,11,20H,4-5,10H2,1-3H3. The predicted molar refractivity (Wildman–Crippen MR) is 82.2 cm³/mol. The molecule has 0 amide bonds. The Morgan fingerprint density at radius 1 is 1.20 bits per heavy atom. The van der Waals surface area contributed by atoms with Gasteiger partial charge in [-0.1, -0.05) is 37.6 Å². The number of aromatic nitrogens is 2. The van der Waals surface area contributed by atoms with Gasteiger partial charge >= 0.3 is 0 Å². The zero-order valence-corrected chi connectivity index (χ0v) is 13.0. The highest BCUT2D eigenvalue weighted by Gasteiger charge is 2.19. The van der Waals surface area contributed by atoms with Crippen molar-refractivity contribution in [1.82, 2.24) is 9.78 Å². The Kier molecular flexibility index (Phi) is 4.84. The van der Waals surface area contributed by atoms with Crippen LogP contribution < -0.4 is 0 Å². The molecule has 2 aromatic rings. The lowest BCUT2D eigenvalue weighted by Crippen LogP contribution is -2.07. The fourth-order valence-electron chi connectivity index (χ4n) is 2.58. The number of benzene rings is 1. The molecule has 1 atom stereocenters. The average Bonchev–Trinajstić information content (AvgIpc) is 2.79. The first-order valence-electron chi connectivity index (χ1n) is 7.07. The van der Waals surface area contributed by atoms with Crippen molar-refractivity contribution in [3.05, 3.63) is 51.8 Å². The van der Waals surface area contributed by atoms with Crippen LogP contribution in [0.1, 0.15) is 49.4 Å². The molecule has 0 aliphatic heterocycles. The average molecular weight is 293 g/mol. The maximum Gasteiger partial charge on any atom is 0.0798 e. The second-order valence-corrected chi connectivity index (χ2v) is 5.41. The minimum Gasteiger partial charge on any atom is -0.389 e. The van der Waals surface area contributed by atoms with Gasteiger partial charge in [0.2, 0.25) is 0 Å². The summed E-state index contributed by atoms with van der Waals surface area (Å²) in [5.74, 6) is 0. The normalized spacial score (nSPS) is 12.7. The highest BCUT2D eigenvalue weighted by Crippen LogP contribution is 2.24. The number of aryl methyl sites for hydroxylation is 1. The van der Waals surface area contributed by atoms with Crippen LogP contribution >= 0.6 is 11.6 Å². The molecule has 0 saturated heterocycles. The number of aliphatic hydroxyl groups excluding tert-OH is 1. The number of hydrogen-bond acceptors (Lipinski definition) is 2. The molecule has 1 unspecified atom stereocenters. The summed E-state index contributed by atoms with van der Waals surface area (Å²) in [6, 6.07) is 7.80. The molecule has 2 rings (SSSR count). The van der Waals surface area contributed by atoms with E-state index in [0.717, 1.165) is 40.4 Å². The molecule has 0 radical (unpaired) electrons. The maximum atomic E-state index is 9.99. The van der Waals surface area contributed by atoms with Crippen molar-refractivity contribution < 1.29 is 5.11 Å². The smallest absolute Gasteiger partial charge is 0.0798 e. The Labute approximate surface area is 125 Å². The van der Waals surface area contributed by atoms with Gasteiger partial charge in [0.25, 0.3) is 0 Å². The summed E-state index contributed by atoms with van der Waals surface area (Å²) in [5, 5.41) is 15.4. The van der Waals surface area contributed by atoms with E-state index in [4.69, 9.17) is 11.6 Å². The summed E-state index contributed by atoms with van der Waals surface area (Å²) < 4.78 is 2.00. The molecule has 1 aromatic carbocycles. The third-order valence-corrected chi connectivity index (χ3v) is 3.76. The number of aliphatic hydroxyl groups is 1. The number of halogens is 1. The van der Waals surface area contributed by atoms with Crippen molar-refractivity contribution in [3.63, 3.8) is 0 Å². The second-order valence-electron chi connectivity index (χ2n) is 4.97. The monoisotopic (exact) mass is 292 g/mol. The SMILES string of the molecule is CCc1nn(Cc2ccc(Cl)cc2)c(CC)c1C(C)O. The van der Waals surface area contributed by atoms with Crippen molar-refractivity contribution in [3.8, 4) is 0 Å². The summed E-state index contributed by atoms with van der Waals surface area (Å²) in [6.45, 7) is 6.68. The molecule has 108 valence electrons. The molecule has 0 aliphatic rings. The van der Waals surface area contributed by atoms with E-state index in [1.165, 1.54) is 0 Å². The van der Waals surface area contributed by atoms with Gasteiger partial charge in [-0.3, -0.25) is 4.68 Å². The molecule has 4 heteroatoms. The molecule has 0 fully saturated rings. The van der Waals surface area contributed by atoms with Crippen LogP contribution in [0.25, 0.3) is 0 Å². The Bertz CT molecular complexity index is 573. The second kappa shape index (κ2) is 6.42. The third-order valence-electron chi connectivity index (χ3n) is 3.51. The van der Waals surface area contributed by atoms with Crippen LogP contribution in [0.3, 0.4) is 0 Å². The summed E-state index contributed by atoms with van der Waals surface area (Å²) >= 11 is 5.91. The van der Waals surface area contributed by atoms with E-state index in [0.29, 0.717) is 6.54 Å². The molecule has 3 nitrogen and oxygen atoms in total. The summed E-state index contributed by atoms with van der Waals surface area (Å²) in [5.41, 5.74) is 4.26. The van der Waals surface area contributed by atoms with Gasteiger partial charge in [-0.2, -0.15) is 5.10 Å². The Hall–Kier alpha value is -1.32. The van der Waals surface area contributed by atoms with Crippen LogP contribution in [-0.4, -0.2) is 14.9 Å². The number of hydrogen-bond donors (Lipinski definition) is 1. The summed E-state index contributed by atoms with van der Waals surface area (Å²) in [6.07, 6.45) is 1.22. The van der Waals surface area contributed by atoms with Gasteiger partial charge in [-0.15, -0.1) is 0 Å². The van der Waals surface area contributed by atoms with E-state index in [9.17, 15) is 5.11 Å². The van der Waals surface area contributed by atoms with Crippen molar-refractivity contribution in [1.29, 1.82) is 0 Å². The Morgan fingerprint density at radius 3 is 2.35 bits per heavy atom. The van der Waals surface area contributed by atoms with Crippen LogP contribution in [0.5, 0.6) is 0 Å². The molecule has 1 N–H and O–H groups in total. The Morgan fingerprint density at radius 2 is 1.85 bits per heavy atom. The first kappa shape index (κ1) is 15.1. The quantitative estimate of drug-likeness (QED) is 0.911. The highest BCUT2D eigenvalue weighted by atomic mass is 35.5. The topological polar surface area (TPSA) is 38.0 Å². The fourth-order valence-corrected chi connectivity index (χ4v) is 2.70. The predicted octanol–water partition coefficient (Wildman–Crippen LogP) is 3.76. The minimum absolute atomic E-state index is 0.473. The van der Waals surface area contributed by atoms with E-state index >= 15 is 0 Å². The van der Waals surface area contributed by atoms with Gasteiger partial charge in [-0.05, 0) is 37.5 Å². The first-order valence-corrected chi connectivity index (χ1v) is 7.45. The minimum atomic E-state index is -0.473. The van der Waals surface area contributed by atoms with Crippen LogP contribution in [0.2, 0.25) is 5.02 Å². The van der Waals surface area contributed by atoms with Crippen LogP contribution in [0.4, 0.5) is 0 Å². The molecule has 1 heterocycles. The van der Waals surface area contributed by atoms with E-state index in [1.54, 1.807) is 0 Å². The lowest BCUT2D eigenvalue weighted by molar-refractivity contribution is 0.197. The first-order chi connectivity index (χ1) is 9.56. The molecule has 0 spiro atoms. The van der Waals surface area contributed by atoms with Crippen LogP contribution in [0.15, 0.2) is 24.3 Å². The number of nitrogens with zero attached hydrogens (tertiary/aromatic N) is 2. The van der Waals surface area contributed by atoms with E-state index in [1.807, 2.05) is 35.9 Å². The Balaban J connectivity index is 2.38. The third kappa shape index (κ3) is 3.05. The van der Waals surface area contributed by atoms with Gasteiger partial charge in [0.05, 0.1) is 18.3 Å². The van der Waals surface area contributed by atoms with E-state index in [-0.39, 0.29) is 0 Å². The van der Waals surface area contributed by atoms with Crippen LogP contribution in [-0.2, 0) is 19.4 Å². The van der Waals surface area contributed by atoms with Gasteiger partial charge in [0.15, 0.2) is 0 Å². The molecular formula is C16H21ClN2O. The number of rotatable bonds is 5. The van der Waals surface area contributed by atoms with Gasteiger partial charge in [-0.25, -0.2) is 0 Å². The molecule has 1 aromatic heterocycles. The maximum absolute atomic E-state index is 9.99. The van der Waals surface area contributed by atoms with Crippen molar-refractivity contribution >= 4 is 11.6 Å². The van der Waals surface area contributed by atoms with E-state index < -0.39 is 6.10 Å². The summed E-state index contributed by atoms with van der Waals surface area (Å²) in [7, 11) is 0. The molecule has 0 aliphatic carbocycles. The van der Waals surface area contributed by atoms with Crippen LogP contribution in [0, 0.1) is 0 Å². The summed E-state index contributed by atoms with van der Waals surface area (Å²) in [4.78, 5) is 0. The van der Waals surface area contributed by atoms with Crippen molar-refractivity contribution in [2.45, 2.75) is 46.3 Å². The van der Waals surface area contributed by atoms with Gasteiger partial charge < -0.3 is 5.11 Å². The molecular weight excluding hydrogens is 272 g/mol. The lowest BCUT2D eigenvalue weighted by Gasteiger charge is -2.10. The molecule has 0 saturated carbocycles. The fraction of sp³-hybridized carbons (Fsp3) is 0.438. The molecule has 0 bridgehead atoms. The zero-order chi connectivity index (χ0) is 14.7. The van der Waals surface area contributed by atoms with E-state index in [2.05, 4.69) is 18.9 Å². The molecule has 20 heavy (non-hydrogen) atoms. The largest absolute Gasteiger partial charge is 0.389 e. The zero-order valence-electron chi connectivity index (χ0n) is 12.2. The highest BCUT2D eigenvalue weighted by molar-refractivity contribution is 6.30. The lowest BCUT2D eigenvalue weighted by atomic mass is 10.0.